The largest absolute Gasteiger partial charge is 0.481 e. The smallest absolute Gasteiger partial charge is 0.221 e. The van der Waals surface area contributed by atoms with Crippen molar-refractivity contribution in [3.8, 4) is 17.0 Å². The average Bonchev–Trinajstić information content (AvgIpc) is 2.48. The zero-order valence-electron chi connectivity index (χ0n) is 10.3. The van der Waals surface area contributed by atoms with E-state index < -0.39 is 0 Å². The molecule has 2 aromatic heterocycles. The van der Waals surface area contributed by atoms with Crippen molar-refractivity contribution in [2.24, 2.45) is 0 Å². The number of rotatable bonds is 2. The highest BCUT2D eigenvalue weighted by Crippen LogP contribution is 2.26. The van der Waals surface area contributed by atoms with Crippen LogP contribution in [0.25, 0.3) is 22.1 Å². The van der Waals surface area contributed by atoms with E-state index in [0.29, 0.717) is 28.0 Å². The number of ether oxygens (including phenoxy) is 1. The van der Waals surface area contributed by atoms with Crippen LogP contribution in [0.3, 0.4) is 0 Å². The molecule has 4 heteroatoms. The van der Waals surface area contributed by atoms with Crippen molar-refractivity contribution in [3.63, 3.8) is 0 Å². The Hall–Kier alpha value is -2.62. The van der Waals surface area contributed by atoms with E-state index in [-0.39, 0.29) is 5.43 Å². The predicted molar refractivity (Wildman–Crippen MR) is 72.3 cm³/mol. The van der Waals surface area contributed by atoms with Gasteiger partial charge in [-0.1, -0.05) is 12.1 Å². The van der Waals surface area contributed by atoms with Crippen LogP contribution in [-0.4, -0.2) is 12.1 Å². The van der Waals surface area contributed by atoms with Crippen molar-refractivity contribution in [1.82, 2.24) is 4.98 Å². The summed E-state index contributed by atoms with van der Waals surface area (Å²) < 4.78 is 10.7. The molecule has 0 N–H and O–H groups in total. The molecule has 0 saturated heterocycles. The summed E-state index contributed by atoms with van der Waals surface area (Å²) in [5.41, 5.74) is 1.56. The molecule has 0 saturated carbocycles. The van der Waals surface area contributed by atoms with Gasteiger partial charge in [-0.25, -0.2) is 4.98 Å². The van der Waals surface area contributed by atoms with Crippen molar-refractivity contribution in [3.05, 3.63) is 59.1 Å². The summed E-state index contributed by atoms with van der Waals surface area (Å²) in [6.45, 7) is 0. The number of pyridine rings is 1. The van der Waals surface area contributed by atoms with Gasteiger partial charge in [-0.15, -0.1) is 0 Å². The van der Waals surface area contributed by atoms with Crippen LogP contribution in [-0.2, 0) is 0 Å². The SMILES string of the molecule is COc1ncccc1-c1coc2ccccc2c1=O. The first-order valence-electron chi connectivity index (χ1n) is 5.81. The summed E-state index contributed by atoms with van der Waals surface area (Å²) in [5, 5.41) is 0.547. The number of hydrogen-bond donors (Lipinski definition) is 0. The van der Waals surface area contributed by atoms with E-state index in [1.165, 1.54) is 13.4 Å². The van der Waals surface area contributed by atoms with Crippen molar-refractivity contribution in [2.45, 2.75) is 0 Å². The molecule has 0 bridgehead atoms. The molecular formula is C15H11NO3. The quantitative estimate of drug-likeness (QED) is 0.704. The Bertz CT molecular complexity index is 792. The molecule has 94 valence electrons. The number of hydrogen-bond acceptors (Lipinski definition) is 4. The lowest BCUT2D eigenvalue weighted by Gasteiger charge is -2.06. The van der Waals surface area contributed by atoms with E-state index in [9.17, 15) is 4.79 Å². The van der Waals surface area contributed by atoms with E-state index >= 15 is 0 Å². The van der Waals surface area contributed by atoms with Crippen LogP contribution in [0, 0.1) is 0 Å². The highest BCUT2D eigenvalue weighted by molar-refractivity contribution is 5.82. The molecule has 0 amide bonds. The maximum absolute atomic E-state index is 12.5. The topological polar surface area (TPSA) is 52.3 Å². The van der Waals surface area contributed by atoms with Gasteiger partial charge in [0.2, 0.25) is 11.3 Å². The first kappa shape index (κ1) is 11.5. The predicted octanol–water partition coefficient (Wildman–Crippen LogP) is 2.86. The van der Waals surface area contributed by atoms with Crippen molar-refractivity contribution < 1.29 is 9.15 Å². The van der Waals surface area contributed by atoms with Crippen LogP contribution in [0.15, 0.2) is 58.1 Å². The number of aromatic nitrogens is 1. The zero-order chi connectivity index (χ0) is 13.2. The second-order valence-electron chi connectivity index (χ2n) is 4.03. The van der Waals surface area contributed by atoms with Gasteiger partial charge in [-0.05, 0) is 24.3 Å². The zero-order valence-corrected chi connectivity index (χ0v) is 10.3. The fourth-order valence-corrected chi connectivity index (χ4v) is 2.02. The van der Waals surface area contributed by atoms with E-state index in [1.54, 1.807) is 30.5 Å². The van der Waals surface area contributed by atoms with E-state index in [2.05, 4.69) is 4.98 Å². The lowest BCUT2D eigenvalue weighted by Crippen LogP contribution is -2.05. The van der Waals surface area contributed by atoms with Gasteiger partial charge < -0.3 is 9.15 Å². The second-order valence-corrected chi connectivity index (χ2v) is 4.03. The molecule has 0 aliphatic rings. The van der Waals surface area contributed by atoms with Crippen LogP contribution in [0.1, 0.15) is 0 Å². The Kier molecular flexibility index (Phi) is 2.76. The first-order chi connectivity index (χ1) is 9.31. The minimum absolute atomic E-state index is 0.0897. The molecule has 0 radical (unpaired) electrons. The molecule has 0 aliphatic carbocycles. The molecule has 0 aliphatic heterocycles. The van der Waals surface area contributed by atoms with Crippen LogP contribution < -0.4 is 10.2 Å². The standard InChI is InChI=1S/C15H11NO3/c1-18-15-10(6-4-8-16-15)12-9-19-13-7-3-2-5-11(13)14(12)17/h2-9H,1H3. The Labute approximate surface area is 109 Å². The van der Waals surface area contributed by atoms with E-state index in [4.69, 9.17) is 9.15 Å². The fraction of sp³-hybridized carbons (Fsp3) is 0.0667. The van der Waals surface area contributed by atoms with Crippen LogP contribution >= 0.6 is 0 Å². The Balaban J connectivity index is 2.32. The molecule has 0 unspecified atom stereocenters. The number of para-hydroxylation sites is 1. The first-order valence-corrected chi connectivity index (χ1v) is 5.81. The molecule has 19 heavy (non-hydrogen) atoms. The Morgan fingerprint density at radius 3 is 2.79 bits per heavy atom. The van der Waals surface area contributed by atoms with Crippen molar-refractivity contribution >= 4 is 11.0 Å². The third-order valence-electron chi connectivity index (χ3n) is 2.93. The average molecular weight is 253 g/mol. The summed E-state index contributed by atoms with van der Waals surface area (Å²) in [4.78, 5) is 16.5. The minimum atomic E-state index is -0.0897. The van der Waals surface area contributed by atoms with Crippen LogP contribution in [0.5, 0.6) is 5.88 Å². The summed E-state index contributed by atoms with van der Waals surface area (Å²) in [6.07, 6.45) is 3.06. The molecule has 3 rings (SSSR count). The molecule has 4 nitrogen and oxygen atoms in total. The third kappa shape index (κ3) is 1.87. The van der Waals surface area contributed by atoms with Crippen LogP contribution in [0.4, 0.5) is 0 Å². The van der Waals surface area contributed by atoms with Gasteiger partial charge in [0.25, 0.3) is 0 Å². The number of benzene rings is 1. The summed E-state index contributed by atoms with van der Waals surface area (Å²) in [7, 11) is 1.52. The molecule has 2 heterocycles. The maximum Gasteiger partial charge on any atom is 0.221 e. The van der Waals surface area contributed by atoms with Gasteiger partial charge in [0, 0.05) is 6.20 Å². The third-order valence-corrected chi connectivity index (χ3v) is 2.93. The van der Waals surface area contributed by atoms with E-state index in [1.807, 2.05) is 12.1 Å². The molecule has 0 spiro atoms. The van der Waals surface area contributed by atoms with Crippen molar-refractivity contribution in [2.75, 3.05) is 7.11 Å². The molecule has 0 atom stereocenters. The highest BCUT2D eigenvalue weighted by atomic mass is 16.5. The normalized spacial score (nSPS) is 10.6. The lowest BCUT2D eigenvalue weighted by molar-refractivity contribution is 0.399. The number of nitrogens with zero attached hydrogens (tertiary/aromatic N) is 1. The summed E-state index contributed by atoms with van der Waals surface area (Å²) in [6, 6.07) is 10.7. The second kappa shape index (κ2) is 4.57. The van der Waals surface area contributed by atoms with Gasteiger partial charge >= 0.3 is 0 Å². The lowest BCUT2D eigenvalue weighted by atomic mass is 10.1. The summed E-state index contributed by atoms with van der Waals surface area (Å²) in [5.74, 6) is 0.407. The van der Waals surface area contributed by atoms with Gasteiger partial charge in [0.1, 0.15) is 11.8 Å². The monoisotopic (exact) mass is 253 g/mol. The summed E-state index contributed by atoms with van der Waals surface area (Å²) >= 11 is 0. The van der Waals surface area contributed by atoms with Gasteiger partial charge in [0.05, 0.1) is 23.6 Å². The Morgan fingerprint density at radius 1 is 1.11 bits per heavy atom. The van der Waals surface area contributed by atoms with Crippen molar-refractivity contribution in [1.29, 1.82) is 0 Å². The molecule has 0 fully saturated rings. The van der Waals surface area contributed by atoms with Crippen LogP contribution in [0.2, 0.25) is 0 Å². The number of methoxy groups -OCH3 is 1. The van der Waals surface area contributed by atoms with E-state index in [0.717, 1.165) is 0 Å². The maximum atomic E-state index is 12.5. The van der Waals surface area contributed by atoms with Gasteiger partial charge in [-0.3, -0.25) is 4.79 Å². The number of fused-ring (bicyclic) bond motifs is 1. The van der Waals surface area contributed by atoms with Gasteiger partial charge in [0.15, 0.2) is 0 Å². The fourth-order valence-electron chi connectivity index (χ4n) is 2.02. The molecular weight excluding hydrogens is 242 g/mol. The Morgan fingerprint density at radius 2 is 1.95 bits per heavy atom. The minimum Gasteiger partial charge on any atom is -0.481 e. The van der Waals surface area contributed by atoms with Gasteiger partial charge in [-0.2, -0.15) is 0 Å². The molecule has 3 aromatic rings. The molecule has 1 aromatic carbocycles. The highest BCUT2D eigenvalue weighted by Gasteiger charge is 2.13.